The number of hydrogen-bond acceptors (Lipinski definition) is 7. The van der Waals surface area contributed by atoms with Crippen LogP contribution < -0.4 is 26.4 Å². The maximum atomic E-state index is 14.3. The maximum absolute atomic E-state index is 14.3. The minimum atomic E-state index is -1.14. The molecular weight excluding hydrogens is 606 g/mol. The predicted molar refractivity (Wildman–Crippen MR) is 187 cm³/mol. The van der Waals surface area contributed by atoms with Crippen molar-refractivity contribution in [2.24, 2.45) is 11.7 Å². The molecule has 258 valence electrons. The zero-order chi connectivity index (χ0) is 34.5. The number of carbonyl (C=O) groups excluding carboxylic acids is 3. The van der Waals surface area contributed by atoms with Gasteiger partial charge in [-0.1, -0.05) is 93.1 Å². The van der Waals surface area contributed by atoms with E-state index in [4.69, 9.17) is 10.5 Å². The lowest BCUT2D eigenvalue weighted by Crippen LogP contribution is -2.61. The lowest BCUT2D eigenvalue weighted by atomic mass is 9.81. The Balaban J connectivity index is 1.57. The number of nitrogens with two attached hydrogens (primary N) is 1. The number of carbonyl (C=O) groups is 3. The van der Waals surface area contributed by atoms with Crippen LogP contribution in [-0.2, 0) is 33.8 Å². The first-order valence-corrected chi connectivity index (χ1v) is 16.9. The Hall–Kier alpha value is -4.25. The van der Waals surface area contributed by atoms with Gasteiger partial charge in [0.25, 0.3) is 0 Å². The van der Waals surface area contributed by atoms with E-state index < -0.39 is 29.6 Å². The second-order valence-corrected chi connectivity index (χ2v) is 12.7. The second-order valence-electron chi connectivity index (χ2n) is 12.7. The molecule has 4 rings (SSSR count). The van der Waals surface area contributed by atoms with Crippen LogP contribution in [0.25, 0.3) is 0 Å². The van der Waals surface area contributed by atoms with Crippen LogP contribution in [0.3, 0.4) is 0 Å². The molecule has 0 saturated carbocycles. The highest BCUT2D eigenvalue weighted by molar-refractivity contribution is 5.97. The first-order valence-electron chi connectivity index (χ1n) is 16.9. The molecule has 0 radical (unpaired) electrons. The SMILES string of the molecule is CCC(C)[C@@]1(NC(=O)CN)CCN([C@@H](CCc2ccccc2)C(=O)N[C@@H](Cc2ccccc2)[C@H](O)CNCc2cccc(OC)c2)C1=O. The Labute approximate surface area is 284 Å². The molecule has 1 unspecified atom stereocenters. The molecule has 1 aliphatic rings. The number of hydrogen-bond donors (Lipinski definition) is 5. The zero-order valence-corrected chi connectivity index (χ0v) is 28.4. The topological polar surface area (TPSA) is 146 Å². The largest absolute Gasteiger partial charge is 0.497 e. The molecule has 1 aliphatic heterocycles. The Bertz CT molecular complexity index is 1470. The fourth-order valence-electron chi connectivity index (χ4n) is 6.50. The van der Waals surface area contributed by atoms with E-state index in [1.54, 1.807) is 12.0 Å². The van der Waals surface area contributed by atoms with Crippen LogP contribution in [0, 0.1) is 5.92 Å². The third-order valence-electron chi connectivity index (χ3n) is 9.53. The average molecular weight is 658 g/mol. The number of rotatable bonds is 18. The molecule has 10 heteroatoms. The van der Waals surface area contributed by atoms with Crippen LogP contribution in [0.5, 0.6) is 5.75 Å². The quantitative estimate of drug-likeness (QED) is 0.141. The highest BCUT2D eigenvalue weighted by Gasteiger charge is 2.53. The summed E-state index contributed by atoms with van der Waals surface area (Å²) in [5.74, 6) is -0.416. The zero-order valence-electron chi connectivity index (χ0n) is 28.4. The van der Waals surface area contributed by atoms with Crippen LogP contribution in [0.4, 0.5) is 0 Å². The van der Waals surface area contributed by atoms with E-state index in [1.165, 1.54) is 0 Å². The first-order chi connectivity index (χ1) is 23.2. The molecule has 48 heavy (non-hydrogen) atoms. The summed E-state index contributed by atoms with van der Waals surface area (Å²) >= 11 is 0. The Morgan fingerprint density at radius 1 is 1.00 bits per heavy atom. The minimum absolute atomic E-state index is 0.161. The number of likely N-dealkylation sites (tertiary alicyclic amines) is 1. The molecule has 0 aromatic heterocycles. The summed E-state index contributed by atoms with van der Waals surface area (Å²) in [6.45, 7) is 4.75. The number of ether oxygens (including phenoxy) is 1. The fourth-order valence-corrected chi connectivity index (χ4v) is 6.50. The highest BCUT2D eigenvalue weighted by Crippen LogP contribution is 2.34. The summed E-state index contributed by atoms with van der Waals surface area (Å²) < 4.78 is 5.33. The molecule has 3 amide bonds. The van der Waals surface area contributed by atoms with Crippen molar-refractivity contribution in [2.75, 3.05) is 26.7 Å². The number of aliphatic hydroxyl groups excluding tert-OH is 1. The number of aryl methyl sites for hydroxylation is 1. The van der Waals surface area contributed by atoms with Gasteiger partial charge >= 0.3 is 0 Å². The maximum Gasteiger partial charge on any atom is 0.249 e. The normalized spacial score (nSPS) is 18.5. The number of benzene rings is 3. The molecule has 1 heterocycles. The Morgan fingerprint density at radius 2 is 1.67 bits per heavy atom. The summed E-state index contributed by atoms with van der Waals surface area (Å²) in [4.78, 5) is 42.8. The third kappa shape index (κ3) is 9.43. The van der Waals surface area contributed by atoms with E-state index in [2.05, 4.69) is 16.0 Å². The van der Waals surface area contributed by atoms with Gasteiger partial charge in [-0.25, -0.2) is 0 Å². The first kappa shape index (κ1) is 36.6. The van der Waals surface area contributed by atoms with Crippen molar-refractivity contribution >= 4 is 17.7 Å². The van der Waals surface area contributed by atoms with Gasteiger partial charge in [0.2, 0.25) is 17.7 Å². The summed E-state index contributed by atoms with van der Waals surface area (Å²) in [6.07, 6.45) is 1.47. The van der Waals surface area contributed by atoms with E-state index in [9.17, 15) is 19.5 Å². The lowest BCUT2D eigenvalue weighted by molar-refractivity contribution is -0.144. The van der Waals surface area contributed by atoms with Crippen molar-refractivity contribution < 1.29 is 24.2 Å². The molecule has 3 aromatic carbocycles. The van der Waals surface area contributed by atoms with E-state index >= 15 is 0 Å². The van der Waals surface area contributed by atoms with Gasteiger partial charge in [-0.3, -0.25) is 14.4 Å². The van der Waals surface area contributed by atoms with Crippen molar-refractivity contribution in [3.05, 3.63) is 102 Å². The molecular formula is C38H51N5O5. The van der Waals surface area contributed by atoms with Gasteiger partial charge < -0.3 is 36.4 Å². The molecule has 0 aliphatic carbocycles. The van der Waals surface area contributed by atoms with Crippen LogP contribution in [0.15, 0.2) is 84.9 Å². The van der Waals surface area contributed by atoms with Crippen molar-refractivity contribution in [3.63, 3.8) is 0 Å². The number of nitrogens with zero attached hydrogens (tertiary/aromatic N) is 1. The lowest BCUT2D eigenvalue weighted by Gasteiger charge is -2.36. The number of nitrogens with one attached hydrogen (secondary N) is 3. The molecule has 10 nitrogen and oxygen atoms in total. The van der Waals surface area contributed by atoms with E-state index in [1.807, 2.05) is 98.8 Å². The van der Waals surface area contributed by atoms with Gasteiger partial charge in [0, 0.05) is 19.6 Å². The fraction of sp³-hybridized carbons (Fsp3) is 0.447. The Kier molecular flexibility index (Phi) is 13.5. The van der Waals surface area contributed by atoms with Crippen molar-refractivity contribution in [1.29, 1.82) is 0 Å². The minimum Gasteiger partial charge on any atom is -0.497 e. The number of aliphatic hydroxyl groups is 1. The molecule has 1 fully saturated rings. The molecule has 1 saturated heterocycles. The van der Waals surface area contributed by atoms with Crippen LogP contribution in [0.1, 0.15) is 49.8 Å². The van der Waals surface area contributed by atoms with Gasteiger partial charge in [0.05, 0.1) is 25.8 Å². The van der Waals surface area contributed by atoms with Gasteiger partial charge in [-0.2, -0.15) is 0 Å². The van der Waals surface area contributed by atoms with Crippen LogP contribution in [-0.4, -0.2) is 78.2 Å². The van der Waals surface area contributed by atoms with Gasteiger partial charge in [-0.15, -0.1) is 0 Å². The summed E-state index contributed by atoms with van der Waals surface area (Å²) in [7, 11) is 1.62. The van der Waals surface area contributed by atoms with Gasteiger partial charge in [-0.05, 0) is 60.4 Å². The number of methoxy groups -OCH3 is 1. The summed E-state index contributed by atoms with van der Waals surface area (Å²) in [5, 5.41) is 20.9. The molecule has 5 atom stereocenters. The standard InChI is InChI=1S/C38H51N5O5/c1-4-27(2)38(42-35(45)24-39)20-21-43(37(38)47)33(19-18-28-12-7-5-8-13-28)36(46)41-32(23-29-14-9-6-10-15-29)34(44)26-40-25-30-16-11-17-31(22-30)48-3/h5-17,22,27,32-34,40,44H,4,18-21,23-26,39H2,1-3H3,(H,41,46)(H,42,45)/t27?,32-,33-,34+,38-/m0/s1. The Morgan fingerprint density at radius 3 is 2.31 bits per heavy atom. The third-order valence-corrected chi connectivity index (χ3v) is 9.53. The molecule has 6 N–H and O–H groups in total. The molecule has 0 spiro atoms. The van der Waals surface area contributed by atoms with Crippen molar-refractivity contribution in [3.8, 4) is 5.75 Å². The van der Waals surface area contributed by atoms with Gasteiger partial charge in [0.1, 0.15) is 17.3 Å². The average Bonchev–Trinajstić information content (AvgIpc) is 3.44. The van der Waals surface area contributed by atoms with Crippen molar-refractivity contribution in [1.82, 2.24) is 20.9 Å². The van der Waals surface area contributed by atoms with Crippen molar-refractivity contribution in [2.45, 2.75) is 76.2 Å². The molecule has 0 bridgehead atoms. The van der Waals surface area contributed by atoms with E-state index in [0.717, 1.165) is 22.4 Å². The predicted octanol–water partition coefficient (Wildman–Crippen LogP) is 2.97. The molecule has 3 aromatic rings. The smallest absolute Gasteiger partial charge is 0.249 e. The second kappa shape index (κ2) is 17.8. The monoisotopic (exact) mass is 657 g/mol. The number of amides is 3. The highest BCUT2D eigenvalue weighted by atomic mass is 16.5. The van der Waals surface area contributed by atoms with Crippen LogP contribution in [0.2, 0.25) is 0 Å². The van der Waals surface area contributed by atoms with E-state index in [0.29, 0.717) is 45.2 Å². The summed E-state index contributed by atoms with van der Waals surface area (Å²) in [5.41, 5.74) is 7.53. The van der Waals surface area contributed by atoms with Gasteiger partial charge in [0.15, 0.2) is 0 Å². The van der Waals surface area contributed by atoms with E-state index in [-0.39, 0.29) is 30.8 Å². The summed E-state index contributed by atoms with van der Waals surface area (Å²) in [6, 6.07) is 25.8. The van der Waals surface area contributed by atoms with Crippen LogP contribution >= 0.6 is 0 Å².